The minimum absolute atomic E-state index is 0.697. The van der Waals surface area contributed by atoms with Crippen LogP contribution in [0.3, 0.4) is 0 Å². The quantitative estimate of drug-likeness (QED) is 0.829. The lowest BCUT2D eigenvalue weighted by molar-refractivity contribution is 0.680. The highest BCUT2D eigenvalue weighted by molar-refractivity contribution is 7.99. The molecule has 0 aliphatic heterocycles. The minimum Gasteiger partial charge on any atom is -0.310 e. The van der Waals surface area contributed by atoms with Gasteiger partial charge in [-0.2, -0.15) is 0 Å². The van der Waals surface area contributed by atoms with E-state index in [-0.39, 0.29) is 0 Å². The zero-order chi connectivity index (χ0) is 13.9. The fourth-order valence-corrected chi connectivity index (χ4v) is 3.49. The van der Waals surface area contributed by atoms with Crippen molar-refractivity contribution in [1.29, 1.82) is 0 Å². The van der Waals surface area contributed by atoms with Crippen LogP contribution >= 0.6 is 23.4 Å². The topological polar surface area (TPSA) is 12.0 Å². The third-order valence-corrected chi connectivity index (χ3v) is 5.17. The highest BCUT2D eigenvalue weighted by atomic mass is 35.5. The summed E-state index contributed by atoms with van der Waals surface area (Å²) in [4.78, 5) is 2.54. The Kier molecular flexibility index (Phi) is 4.35. The van der Waals surface area contributed by atoms with Crippen molar-refractivity contribution in [1.82, 2.24) is 5.32 Å². The average molecular weight is 304 g/mol. The summed E-state index contributed by atoms with van der Waals surface area (Å²) in [6, 6.07) is 15.3. The summed E-state index contributed by atoms with van der Waals surface area (Å²) in [7, 11) is 0. The molecular weight excluding hydrogens is 286 g/mol. The fourth-order valence-electron chi connectivity index (χ4n) is 2.13. The van der Waals surface area contributed by atoms with Crippen molar-refractivity contribution in [3.63, 3.8) is 0 Å². The van der Waals surface area contributed by atoms with E-state index in [2.05, 4.69) is 42.6 Å². The van der Waals surface area contributed by atoms with Crippen LogP contribution in [-0.2, 0) is 6.54 Å². The number of nitrogens with one attached hydrogen (secondary N) is 1. The second kappa shape index (κ2) is 6.21. The molecule has 20 heavy (non-hydrogen) atoms. The molecule has 0 heterocycles. The Labute approximate surface area is 129 Å². The zero-order valence-electron chi connectivity index (χ0n) is 11.5. The molecule has 1 aliphatic carbocycles. The van der Waals surface area contributed by atoms with E-state index in [1.807, 2.05) is 12.1 Å². The van der Waals surface area contributed by atoms with Gasteiger partial charge in [-0.25, -0.2) is 0 Å². The molecule has 1 N–H and O–H groups in total. The normalized spacial score (nSPS) is 14.5. The van der Waals surface area contributed by atoms with Gasteiger partial charge in [0.2, 0.25) is 0 Å². The molecule has 0 unspecified atom stereocenters. The van der Waals surface area contributed by atoms with Crippen molar-refractivity contribution in [3.8, 4) is 0 Å². The summed E-state index contributed by atoms with van der Waals surface area (Å²) in [6.07, 6.45) is 2.59. The van der Waals surface area contributed by atoms with Crippen molar-refractivity contribution < 1.29 is 0 Å². The molecular formula is C17H18ClNS. The molecule has 104 valence electrons. The monoisotopic (exact) mass is 303 g/mol. The number of rotatable bonds is 5. The second-order valence-electron chi connectivity index (χ2n) is 5.24. The Hall–Kier alpha value is -0.960. The summed E-state index contributed by atoms with van der Waals surface area (Å²) < 4.78 is 0. The molecule has 2 aromatic rings. The van der Waals surface area contributed by atoms with E-state index in [4.69, 9.17) is 11.6 Å². The van der Waals surface area contributed by atoms with Gasteiger partial charge >= 0.3 is 0 Å². The second-order valence-corrected chi connectivity index (χ2v) is 6.73. The molecule has 0 aromatic heterocycles. The van der Waals surface area contributed by atoms with Crippen molar-refractivity contribution >= 4 is 23.4 Å². The van der Waals surface area contributed by atoms with Gasteiger partial charge in [-0.3, -0.25) is 0 Å². The first-order valence-electron chi connectivity index (χ1n) is 6.98. The van der Waals surface area contributed by atoms with E-state index in [1.54, 1.807) is 11.8 Å². The van der Waals surface area contributed by atoms with Gasteiger partial charge < -0.3 is 5.32 Å². The molecule has 1 nitrogen and oxygen atoms in total. The Morgan fingerprint density at radius 1 is 1.10 bits per heavy atom. The van der Waals surface area contributed by atoms with Crippen LogP contribution in [-0.4, -0.2) is 6.04 Å². The number of aryl methyl sites for hydroxylation is 1. The van der Waals surface area contributed by atoms with Gasteiger partial charge in [0.15, 0.2) is 0 Å². The average Bonchev–Trinajstić information content (AvgIpc) is 3.25. The first-order valence-corrected chi connectivity index (χ1v) is 8.18. The lowest BCUT2D eigenvalue weighted by Gasteiger charge is -2.13. The Bertz CT molecular complexity index is 608. The molecule has 1 saturated carbocycles. The Morgan fingerprint density at radius 3 is 2.60 bits per heavy atom. The van der Waals surface area contributed by atoms with Gasteiger partial charge in [0.05, 0.1) is 0 Å². The van der Waals surface area contributed by atoms with E-state index in [1.165, 1.54) is 33.8 Å². The number of benzene rings is 2. The SMILES string of the molecule is Cc1ccccc1Sc1cccc(Cl)c1CNC1CC1. The fraction of sp³-hybridized carbons (Fsp3) is 0.294. The maximum absolute atomic E-state index is 6.39. The van der Waals surface area contributed by atoms with Gasteiger partial charge in [-0.1, -0.05) is 47.6 Å². The largest absolute Gasteiger partial charge is 0.310 e. The number of hydrogen-bond donors (Lipinski definition) is 1. The maximum Gasteiger partial charge on any atom is 0.0462 e. The minimum atomic E-state index is 0.697. The molecule has 0 atom stereocenters. The van der Waals surface area contributed by atoms with Crippen molar-refractivity contribution in [2.45, 2.75) is 42.1 Å². The molecule has 1 fully saturated rings. The van der Waals surface area contributed by atoms with Crippen LogP contribution in [0.4, 0.5) is 0 Å². The van der Waals surface area contributed by atoms with E-state index >= 15 is 0 Å². The third-order valence-electron chi connectivity index (χ3n) is 3.53. The number of hydrogen-bond acceptors (Lipinski definition) is 2. The first-order chi connectivity index (χ1) is 9.74. The van der Waals surface area contributed by atoms with Gasteiger partial charge in [0, 0.05) is 27.4 Å². The smallest absolute Gasteiger partial charge is 0.0462 e. The summed E-state index contributed by atoms with van der Waals surface area (Å²) in [5.41, 5.74) is 2.52. The van der Waals surface area contributed by atoms with Crippen LogP contribution in [0.5, 0.6) is 0 Å². The zero-order valence-corrected chi connectivity index (χ0v) is 13.1. The number of halogens is 1. The molecule has 3 rings (SSSR count). The summed E-state index contributed by atoms with van der Waals surface area (Å²) in [5, 5.41) is 4.41. The van der Waals surface area contributed by atoms with E-state index in [9.17, 15) is 0 Å². The lowest BCUT2D eigenvalue weighted by atomic mass is 10.2. The molecule has 0 saturated heterocycles. The summed E-state index contributed by atoms with van der Waals surface area (Å²) >= 11 is 8.19. The summed E-state index contributed by atoms with van der Waals surface area (Å²) in [6.45, 7) is 3.01. The molecule has 0 bridgehead atoms. The Morgan fingerprint density at radius 2 is 1.85 bits per heavy atom. The van der Waals surface area contributed by atoms with E-state index in [0.29, 0.717) is 6.04 Å². The molecule has 2 aromatic carbocycles. The lowest BCUT2D eigenvalue weighted by Crippen LogP contribution is -2.16. The summed E-state index contributed by atoms with van der Waals surface area (Å²) in [5.74, 6) is 0. The maximum atomic E-state index is 6.39. The van der Waals surface area contributed by atoms with Gasteiger partial charge in [-0.15, -0.1) is 0 Å². The molecule has 0 spiro atoms. The highest BCUT2D eigenvalue weighted by Gasteiger charge is 2.21. The van der Waals surface area contributed by atoms with Gasteiger partial charge in [0.25, 0.3) is 0 Å². The van der Waals surface area contributed by atoms with E-state index < -0.39 is 0 Å². The van der Waals surface area contributed by atoms with Crippen LogP contribution in [0.2, 0.25) is 5.02 Å². The highest BCUT2D eigenvalue weighted by Crippen LogP contribution is 2.35. The molecule has 0 amide bonds. The van der Waals surface area contributed by atoms with Gasteiger partial charge in [-0.05, 0) is 49.1 Å². The van der Waals surface area contributed by atoms with Crippen LogP contribution in [0.15, 0.2) is 52.3 Å². The van der Waals surface area contributed by atoms with Crippen LogP contribution in [0, 0.1) is 6.92 Å². The van der Waals surface area contributed by atoms with Crippen LogP contribution < -0.4 is 5.32 Å². The van der Waals surface area contributed by atoms with Gasteiger partial charge in [0.1, 0.15) is 0 Å². The Balaban J connectivity index is 1.84. The molecule has 0 radical (unpaired) electrons. The molecule has 1 aliphatic rings. The molecule has 3 heteroatoms. The van der Waals surface area contributed by atoms with Crippen LogP contribution in [0.1, 0.15) is 24.0 Å². The van der Waals surface area contributed by atoms with Crippen molar-refractivity contribution in [2.24, 2.45) is 0 Å². The third kappa shape index (κ3) is 3.38. The first kappa shape index (κ1) is 14.0. The van der Waals surface area contributed by atoms with E-state index in [0.717, 1.165) is 11.6 Å². The standard InChI is InChI=1S/C17H18ClNS/c1-12-5-2-3-7-16(12)20-17-8-4-6-15(18)14(17)11-19-13-9-10-13/h2-8,13,19H,9-11H2,1H3. The van der Waals surface area contributed by atoms with Crippen LogP contribution in [0.25, 0.3) is 0 Å². The van der Waals surface area contributed by atoms with Crippen molar-refractivity contribution in [3.05, 3.63) is 58.6 Å². The predicted molar refractivity (Wildman–Crippen MR) is 86.6 cm³/mol. The van der Waals surface area contributed by atoms with Crippen molar-refractivity contribution in [2.75, 3.05) is 0 Å². The predicted octanol–water partition coefficient (Wildman–Crippen LogP) is 5.05.